The Hall–Kier alpha value is -1.91. The third kappa shape index (κ3) is 5.65. The van der Waals surface area contributed by atoms with Crippen molar-refractivity contribution in [3.63, 3.8) is 0 Å². The molecule has 8 atom stereocenters. The Bertz CT molecular complexity index is 1220. The van der Waals surface area contributed by atoms with Crippen molar-refractivity contribution in [1.82, 2.24) is 10.0 Å². The Morgan fingerprint density at radius 3 is 2.41 bits per heavy atom. The third-order valence-electron chi connectivity index (χ3n) is 13.9. The first-order valence-electron chi connectivity index (χ1n) is 17.8. The fraction of sp³-hybridized carbons (Fsp3) is 0.725. The molecule has 0 saturated heterocycles. The van der Waals surface area contributed by atoms with Gasteiger partial charge in [-0.05, 0) is 123 Å². The monoisotopic (exact) mass is 602 g/mol. The minimum Gasteiger partial charge on any atom is -0.382 e. The molecule has 3 saturated carbocycles. The van der Waals surface area contributed by atoms with Gasteiger partial charge in [0.1, 0.15) is 6.29 Å². The predicted molar refractivity (Wildman–Crippen MR) is 183 cm³/mol. The van der Waals surface area contributed by atoms with Gasteiger partial charge in [-0.2, -0.15) is 0 Å². The van der Waals surface area contributed by atoms with Gasteiger partial charge in [-0.25, -0.2) is 5.01 Å². The van der Waals surface area contributed by atoms with Crippen LogP contribution in [0.4, 0.5) is 0 Å². The number of carbonyl (C=O) groups is 1. The molecule has 4 heteroatoms. The number of allylic oxidation sites excluding steroid dienone is 3. The van der Waals surface area contributed by atoms with Crippen molar-refractivity contribution in [2.45, 2.75) is 118 Å². The summed E-state index contributed by atoms with van der Waals surface area (Å²) in [7, 11) is 6.24. The molecule has 0 amide bonds. The van der Waals surface area contributed by atoms with Crippen LogP contribution in [0.3, 0.4) is 0 Å². The van der Waals surface area contributed by atoms with Crippen LogP contribution in [0.2, 0.25) is 0 Å². The maximum absolute atomic E-state index is 12.4. The van der Waals surface area contributed by atoms with Gasteiger partial charge in [0.2, 0.25) is 0 Å². The third-order valence-corrected chi connectivity index (χ3v) is 13.9. The fourth-order valence-corrected chi connectivity index (χ4v) is 11.1. The number of hydrogen-bond acceptors (Lipinski definition) is 4. The van der Waals surface area contributed by atoms with E-state index in [9.17, 15) is 4.79 Å². The van der Waals surface area contributed by atoms with Crippen molar-refractivity contribution in [3.8, 4) is 0 Å². The molecule has 4 aliphatic carbocycles. The van der Waals surface area contributed by atoms with Crippen LogP contribution in [-0.4, -0.2) is 43.6 Å². The highest BCUT2D eigenvalue weighted by atomic mass is 16.5. The van der Waals surface area contributed by atoms with E-state index in [-0.39, 0.29) is 5.41 Å². The van der Waals surface area contributed by atoms with E-state index in [0.717, 1.165) is 49.8 Å². The zero-order valence-corrected chi connectivity index (χ0v) is 29.5. The molecular formula is C40H62N2O2. The van der Waals surface area contributed by atoms with E-state index in [2.05, 4.69) is 96.0 Å². The molecule has 0 spiro atoms. The number of methoxy groups -OCH3 is 1. The summed E-state index contributed by atoms with van der Waals surface area (Å²) in [6.07, 6.45) is 15.9. The Balaban J connectivity index is 1.50. The van der Waals surface area contributed by atoms with Crippen molar-refractivity contribution < 1.29 is 9.53 Å². The summed E-state index contributed by atoms with van der Waals surface area (Å²) in [6, 6.07) is 10.7. The van der Waals surface area contributed by atoms with Crippen LogP contribution in [0.1, 0.15) is 111 Å². The number of fused-ring (bicyclic) bond motifs is 5. The van der Waals surface area contributed by atoms with Gasteiger partial charge in [-0.3, -0.25) is 4.79 Å². The quantitative estimate of drug-likeness (QED) is 0.109. The Morgan fingerprint density at radius 1 is 1.02 bits per heavy atom. The molecule has 244 valence electrons. The second kappa shape index (κ2) is 13.1. The van der Waals surface area contributed by atoms with Gasteiger partial charge >= 0.3 is 0 Å². The van der Waals surface area contributed by atoms with Crippen LogP contribution in [0, 0.1) is 45.8 Å². The smallest absolute Gasteiger partial charge is 0.144 e. The van der Waals surface area contributed by atoms with Crippen molar-refractivity contribution >= 4 is 6.29 Å². The molecule has 0 aliphatic heterocycles. The van der Waals surface area contributed by atoms with Crippen molar-refractivity contribution in [2.24, 2.45) is 45.8 Å². The second-order valence-electron chi connectivity index (χ2n) is 16.1. The van der Waals surface area contributed by atoms with E-state index in [1.54, 1.807) is 11.1 Å². The number of benzene rings is 1. The lowest BCUT2D eigenvalue weighted by Gasteiger charge is -2.65. The van der Waals surface area contributed by atoms with E-state index in [0.29, 0.717) is 28.8 Å². The van der Waals surface area contributed by atoms with Gasteiger partial charge in [0.15, 0.2) is 0 Å². The molecule has 4 aliphatic rings. The largest absolute Gasteiger partial charge is 0.382 e. The zero-order chi connectivity index (χ0) is 31.9. The lowest BCUT2D eigenvalue weighted by atomic mass is 9.40. The van der Waals surface area contributed by atoms with Crippen LogP contribution < -0.4 is 0 Å². The van der Waals surface area contributed by atoms with Crippen LogP contribution in [0.5, 0.6) is 0 Å². The zero-order valence-electron chi connectivity index (χ0n) is 29.5. The summed E-state index contributed by atoms with van der Waals surface area (Å²) in [5.74, 6) is 3.44. The molecule has 0 heterocycles. The van der Waals surface area contributed by atoms with Crippen molar-refractivity contribution in [3.05, 3.63) is 58.8 Å². The number of hydrogen-bond donors (Lipinski definition) is 0. The second-order valence-corrected chi connectivity index (χ2v) is 16.1. The lowest BCUT2D eigenvalue weighted by molar-refractivity contribution is -0.140. The van der Waals surface area contributed by atoms with Crippen LogP contribution in [0.25, 0.3) is 0 Å². The van der Waals surface area contributed by atoms with E-state index < -0.39 is 0 Å². The molecular weight excluding hydrogens is 540 g/mol. The number of hydrazine groups is 1. The summed E-state index contributed by atoms with van der Waals surface area (Å²) in [4.78, 5) is 12.4. The minimum absolute atomic E-state index is 0.0380. The number of carbonyl (C=O) groups excluding carboxylic acids is 1. The minimum atomic E-state index is -0.0380. The maximum Gasteiger partial charge on any atom is 0.144 e. The first kappa shape index (κ1) is 33.5. The molecule has 5 rings (SSSR count). The van der Waals surface area contributed by atoms with Gasteiger partial charge in [0.05, 0.1) is 6.10 Å². The molecule has 44 heavy (non-hydrogen) atoms. The number of nitrogens with zero attached hydrogens (tertiary/aromatic N) is 2. The summed E-state index contributed by atoms with van der Waals surface area (Å²) in [5.41, 5.74) is 6.67. The number of aldehydes is 1. The Labute approximate surface area is 269 Å². The van der Waals surface area contributed by atoms with Crippen molar-refractivity contribution in [1.29, 1.82) is 0 Å². The normalized spacial score (nSPS) is 36.2. The topological polar surface area (TPSA) is 32.8 Å². The summed E-state index contributed by atoms with van der Waals surface area (Å²) in [6.45, 7) is 15.8. The van der Waals surface area contributed by atoms with Crippen LogP contribution in [0.15, 0.2) is 53.3 Å². The van der Waals surface area contributed by atoms with Gasteiger partial charge in [-0.15, -0.1) is 0 Å². The van der Waals surface area contributed by atoms with Crippen LogP contribution in [-0.2, 0) is 16.1 Å². The molecule has 0 radical (unpaired) electrons. The SMILES string of the molecule is COC(C)CCC1(C)C(C)CCC2(C)C3CCC4(/C(=C/C=O)N(C)N(C)Cc5ccccc5)CCC(C(C)C)=C4C3CCC12. The Kier molecular flexibility index (Phi) is 9.94. The van der Waals surface area contributed by atoms with E-state index in [1.807, 2.05) is 13.2 Å². The molecule has 3 fully saturated rings. The standard InChI is InChI=1S/C40H62N2O2/c1-28(2)32-19-24-40(36(21-26-43)42(8)41(7)27-31-13-11-10-12-14-31)25-20-34-33(37(32)40)15-16-35-38(5,23-18-30(4)44-9)29(3)17-22-39(34,35)6/h10-14,21,26,28-30,33-35H,15-20,22-25,27H2,1-9H3/b36-21-. The first-order valence-corrected chi connectivity index (χ1v) is 17.8. The van der Waals surface area contributed by atoms with Gasteiger partial charge in [-0.1, -0.05) is 76.1 Å². The van der Waals surface area contributed by atoms with Gasteiger partial charge in [0, 0.05) is 38.9 Å². The number of ether oxygens (including phenoxy) is 1. The molecule has 0 aromatic heterocycles. The molecule has 0 bridgehead atoms. The van der Waals surface area contributed by atoms with E-state index in [4.69, 9.17) is 4.74 Å². The van der Waals surface area contributed by atoms with Crippen molar-refractivity contribution in [2.75, 3.05) is 21.2 Å². The summed E-state index contributed by atoms with van der Waals surface area (Å²) in [5, 5.41) is 4.64. The lowest BCUT2D eigenvalue weighted by Crippen LogP contribution is -2.57. The molecule has 1 aromatic rings. The highest BCUT2D eigenvalue weighted by Crippen LogP contribution is 2.71. The highest BCUT2D eigenvalue weighted by molar-refractivity contribution is 5.67. The Morgan fingerprint density at radius 2 is 1.75 bits per heavy atom. The van der Waals surface area contributed by atoms with Gasteiger partial charge < -0.3 is 9.75 Å². The summed E-state index contributed by atoms with van der Waals surface area (Å²) < 4.78 is 5.73. The molecule has 4 nitrogen and oxygen atoms in total. The number of rotatable bonds is 11. The summed E-state index contributed by atoms with van der Waals surface area (Å²) >= 11 is 0. The fourth-order valence-electron chi connectivity index (χ4n) is 11.1. The maximum atomic E-state index is 12.4. The van der Waals surface area contributed by atoms with Crippen LogP contribution >= 0.6 is 0 Å². The van der Waals surface area contributed by atoms with E-state index >= 15 is 0 Å². The average molecular weight is 603 g/mol. The average Bonchev–Trinajstić information content (AvgIpc) is 3.42. The molecule has 0 N–H and O–H groups in total. The van der Waals surface area contributed by atoms with E-state index in [1.165, 1.54) is 56.2 Å². The predicted octanol–water partition coefficient (Wildman–Crippen LogP) is 9.47. The first-order chi connectivity index (χ1) is 20.9. The molecule has 1 aromatic carbocycles. The highest BCUT2D eigenvalue weighted by Gasteiger charge is 2.62. The van der Waals surface area contributed by atoms with Gasteiger partial charge in [0.25, 0.3) is 0 Å². The molecule has 8 unspecified atom stereocenters.